The Bertz CT molecular complexity index is 272. The van der Waals surface area contributed by atoms with Crippen LogP contribution >= 0.6 is 0 Å². The van der Waals surface area contributed by atoms with Crippen LogP contribution in [0.4, 0.5) is 8.78 Å². The third kappa shape index (κ3) is 1.52. The maximum absolute atomic E-state index is 12.9. The third-order valence-corrected chi connectivity index (χ3v) is 3.71. The molecule has 2 saturated carbocycles. The molecule has 0 aromatic heterocycles. The van der Waals surface area contributed by atoms with E-state index >= 15 is 0 Å². The molecule has 0 amide bonds. The van der Waals surface area contributed by atoms with E-state index in [9.17, 15) is 8.78 Å². The van der Waals surface area contributed by atoms with Crippen LogP contribution in [0.3, 0.4) is 0 Å². The molecule has 14 heavy (non-hydrogen) atoms. The molecule has 2 aliphatic rings. The normalized spacial score (nSPS) is 31.9. The minimum atomic E-state index is -2.45. The van der Waals surface area contributed by atoms with E-state index in [1.54, 1.807) is 0 Å². The summed E-state index contributed by atoms with van der Waals surface area (Å²) in [6, 6.07) is 0. The van der Waals surface area contributed by atoms with Crippen molar-refractivity contribution in [3.8, 4) is 12.3 Å². The molecule has 0 bridgehead atoms. The van der Waals surface area contributed by atoms with Gasteiger partial charge in [-0.1, -0.05) is 5.92 Å². The monoisotopic (exact) mass is 199 g/mol. The van der Waals surface area contributed by atoms with Gasteiger partial charge in [-0.3, -0.25) is 0 Å². The minimum absolute atomic E-state index is 0.00759. The lowest BCUT2D eigenvalue weighted by Gasteiger charge is -2.55. The highest BCUT2D eigenvalue weighted by Gasteiger charge is 2.55. The summed E-state index contributed by atoms with van der Waals surface area (Å²) in [7, 11) is 0. The highest BCUT2D eigenvalue weighted by atomic mass is 19.3. The Balaban J connectivity index is 1.96. The highest BCUT2D eigenvalue weighted by molar-refractivity contribution is 5.22. The van der Waals surface area contributed by atoms with Crippen molar-refractivity contribution < 1.29 is 8.78 Å². The van der Waals surface area contributed by atoms with Crippen LogP contribution in [0.25, 0.3) is 0 Å². The number of halogens is 2. The van der Waals surface area contributed by atoms with Crippen LogP contribution in [-0.2, 0) is 0 Å². The third-order valence-electron chi connectivity index (χ3n) is 3.71. The van der Waals surface area contributed by atoms with Gasteiger partial charge in [-0.25, -0.2) is 8.78 Å². The Labute approximate surface area is 83.0 Å². The van der Waals surface area contributed by atoms with Gasteiger partial charge in [0.25, 0.3) is 0 Å². The summed E-state index contributed by atoms with van der Waals surface area (Å²) in [4.78, 5) is 0. The molecule has 0 saturated heterocycles. The zero-order valence-electron chi connectivity index (χ0n) is 8.15. The SMILES string of the molecule is C#CC1(N)CC2(CCC(F)(F)CC2)C1. The maximum Gasteiger partial charge on any atom is 0.248 e. The lowest BCUT2D eigenvalue weighted by atomic mass is 9.52. The second-order valence-corrected chi connectivity index (χ2v) is 5.01. The summed E-state index contributed by atoms with van der Waals surface area (Å²) in [5.41, 5.74) is 5.39. The van der Waals surface area contributed by atoms with Gasteiger partial charge in [-0.05, 0) is 31.1 Å². The summed E-state index contributed by atoms with van der Waals surface area (Å²) in [5.74, 6) is 0.110. The van der Waals surface area contributed by atoms with E-state index in [0.29, 0.717) is 12.8 Å². The van der Waals surface area contributed by atoms with Crippen molar-refractivity contribution in [1.29, 1.82) is 0 Å². The van der Waals surface area contributed by atoms with E-state index in [1.807, 2.05) is 0 Å². The Morgan fingerprint density at radius 1 is 1.07 bits per heavy atom. The molecule has 0 radical (unpaired) electrons. The number of terminal acetylenes is 1. The van der Waals surface area contributed by atoms with Crippen LogP contribution in [0.1, 0.15) is 38.5 Å². The number of hydrogen-bond acceptors (Lipinski definition) is 1. The predicted octanol–water partition coefficient (Wildman–Crippen LogP) is 2.31. The second-order valence-electron chi connectivity index (χ2n) is 5.01. The Morgan fingerprint density at radius 3 is 2.00 bits per heavy atom. The smallest absolute Gasteiger partial charge is 0.248 e. The first-order valence-electron chi connectivity index (χ1n) is 5.03. The summed E-state index contributed by atoms with van der Waals surface area (Å²) >= 11 is 0. The van der Waals surface area contributed by atoms with Gasteiger partial charge in [0, 0.05) is 12.8 Å². The molecule has 3 heteroatoms. The van der Waals surface area contributed by atoms with Crippen LogP contribution in [0, 0.1) is 17.8 Å². The predicted molar refractivity (Wildman–Crippen MR) is 50.8 cm³/mol. The standard InChI is InChI=1S/C11H15F2N/c1-2-10(14)7-9(8-10)3-5-11(12,13)6-4-9/h1H,3-8,14H2. The first-order valence-corrected chi connectivity index (χ1v) is 5.03. The fraction of sp³-hybridized carbons (Fsp3) is 0.818. The zero-order valence-corrected chi connectivity index (χ0v) is 8.15. The van der Waals surface area contributed by atoms with Crippen LogP contribution in [0.15, 0.2) is 0 Å². The van der Waals surface area contributed by atoms with Crippen LogP contribution in [-0.4, -0.2) is 11.5 Å². The lowest BCUT2D eigenvalue weighted by molar-refractivity contribution is -0.0988. The van der Waals surface area contributed by atoms with Gasteiger partial charge < -0.3 is 5.73 Å². The number of nitrogens with two attached hydrogens (primary N) is 1. The largest absolute Gasteiger partial charge is 0.315 e. The van der Waals surface area contributed by atoms with Crippen molar-refractivity contribution >= 4 is 0 Å². The average Bonchev–Trinajstić information content (AvgIpc) is 2.07. The number of hydrogen-bond donors (Lipinski definition) is 1. The molecule has 0 aromatic carbocycles. The van der Waals surface area contributed by atoms with Gasteiger partial charge in [0.2, 0.25) is 5.92 Å². The fourth-order valence-electron chi connectivity index (χ4n) is 2.89. The van der Waals surface area contributed by atoms with Gasteiger partial charge in [0.1, 0.15) is 0 Å². The summed E-state index contributed by atoms with van der Waals surface area (Å²) in [5, 5.41) is 0. The van der Waals surface area contributed by atoms with E-state index in [4.69, 9.17) is 12.2 Å². The number of rotatable bonds is 0. The Kier molecular flexibility index (Phi) is 1.91. The molecule has 78 valence electrons. The molecule has 1 nitrogen and oxygen atoms in total. The van der Waals surface area contributed by atoms with E-state index in [2.05, 4.69) is 5.92 Å². The first kappa shape index (κ1) is 9.92. The zero-order chi connectivity index (χ0) is 10.4. The fourth-order valence-corrected chi connectivity index (χ4v) is 2.89. The second kappa shape index (κ2) is 2.70. The molecule has 0 atom stereocenters. The minimum Gasteiger partial charge on any atom is -0.315 e. The molecule has 0 heterocycles. The number of alkyl halides is 2. The first-order chi connectivity index (χ1) is 6.39. The average molecular weight is 199 g/mol. The quantitative estimate of drug-likeness (QED) is 0.595. The van der Waals surface area contributed by atoms with E-state index < -0.39 is 11.5 Å². The molecule has 0 aliphatic heterocycles. The van der Waals surface area contributed by atoms with E-state index in [1.165, 1.54) is 0 Å². The van der Waals surface area contributed by atoms with Crippen molar-refractivity contribution in [2.75, 3.05) is 0 Å². The van der Waals surface area contributed by atoms with Gasteiger partial charge >= 0.3 is 0 Å². The van der Waals surface area contributed by atoms with Crippen molar-refractivity contribution in [3.05, 3.63) is 0 Å². The molecule has 2 rings (SSSR count). The van der Waals surface area contributed by atoms with Gasteiger partial charge in [-0.2, -0.15) is 0 Å². The molecular weight excluding hydrogens is 184 g/mol. The van der Waals surface area contributed by atoms with Crippen LogP contribution < -0.4 is 5.73 Å². The summed E-state index contributed by atoms with van der Waals surface area (Å²) < 4.78 is 25.8. The van der Waals surface area contributed by atoms with Crippen molar-refractivity contribution in [3.63, 3.8) is 0 Å². The highest BCUT2D eigenvalue weighted by Crippen LogP contribution is 2.57. The van der Waals surface area contributed by atoms with Gasteiger partial charge in [-0.15, -0.1) is 6.42 Å². The summed E-state index contributed by atoms with van der Waals surface area (Å²) in [6.45, 7) is 0. The molecule has 1 spiro atoms. The van der Waals surface area contributed by atoms with Crippen molar-refractivity contribution in [1.82, 2.24) is 0 Å². The van der Waals surface area contributed by atoms with E-state index in [-0.39, 0.29) is 18.3 Å². The Morgan fingerprint density at radius 2 is 1.57 bits per heavy atom. The van der Waals surface area contributed by atoms with Gasteiger partial charge in [0.15, 0.2) is 0 Å². The van der Waals surface area contributed by atoms with E-state index in [0.717, 1.165) is 12.8 Å². The molecule has 2 N–H and O–H groups in total. The van der Waals surface area contributed by atoms with Crippen LogP contribution in [0.5, 0.6) is 0 Å². The molecule has 2 fully saturated rings. The molecular formula is C11H15F2N. The maximum atomic E-state index is 12.9. The lowest BCUT2D eigenvalue weighted by Crippen LogP contribution is -2.58. The molecule has 2 aliphatic carbocycles. The van der Waals surface area contributed by atoms with Crippen LogP contribution in [0.2, 0.25) is 0 Å². The van der Waals surface area contributed by atoms with Gasteiger partial charge in [0.05, 0.1) is 5.54 Å². The van der Waals surface area contributed by atoms with Crippen molar-refractivity contribution in [2.24, 2.45) is 11.1 Å². The van der Waals surface area contributed by atoms with Crippen molar-refractivity contribution in [2.45, 2.75) is 50.0 Å². The topological polar surface area (TPSA) is 26.0 Å². The summed E-state index contributed by atoms with van der Waals surface area (Å²) in [6.07, 6.45) is 7.93. The molecule has 0 aromatic rings. The Hall–Kier alpha value is -0.620. The molecule has 0 unspecified atom stereocenters.